The summed E-state index contributed by atoms with van der Waals surface area (Å²) < 4.78 is 79.0. The number of carbonyl (C=O) groups excluding carboxylic acids is 2. The van der Waals surface area contributed by atoms with E-state index in [1.807, 2.05) is 13.2 Å². The highest BCUT2D eigenvalue weighted by molar-refractivity contribution is 7.98. The summed E-state index contributed by atoms with van der Waals surface area (Å²) in [6.07, 6.45) is -5.90. The molecular weight excluding hydrogens is 594 g/mol. The predicted molar refractivity (Wildman–Crippen MR) is 148 cm³/mol. The Kier molecular flexibility index (Phi) is 9.95. The van der Waals surface area contributed by atoms with Crippen molar-refractivity contribution in [3.05, 3.63) is 64.2 Å². The van der Waals surface area contributed by atoms with Gasteiger partial charge in [-0.3, -0.25) is 9.80 Å². The molecule has 1 heterocycles. The molecule has 0 saturated carbocycles. The van der Waals surface area contributed by atoms with Gasteiger partial charge in [-0.1, -0.05) is 24.6 Å². The van der Waals surface area contributed by atoms with Crippen LogP contribution in [0.2, 0.25) is 5.02 Å². The molecule has 1 aliphatic rings. The number of hydrogen-bond acceptors (Lipinski definition) is 5. The van der Waals surface area contributed by atoms with E-state index in [4.69, 9.17) is 11.6 Å². The molecule has 224 valence electrons. The van der Waals surface area contributed by atoms with Crippen LogP contribution < -0.4 is 4.90 Å². The Labute approximate surface area is 243 Å². The second kappa shape index (κ2) is 12.5. The van der Waals surface area contributed by atoms with Gasteiger partial charge in [-0.25, -0.2) is 9.69 Å². The first kappa shape index (κ1) is 32.6. The first-order valence-corrected chi connectivity index (χ1v) is 14.2. The zero-order chi connectivity index (χ0) is 30.8. The van der Waals surface area contributed by atoms with Gasteiger partial charge in [-0.15, -0.1) is 0 Å². The predicted octanol–water partition coefficient (Wildman–Crippen LogP) is 7.26. The number of carbonyl (C=O) groups is 2. The lowest BCUT2D eigenvalue weighted by Gasteiger charge is -2.28. The molecule has 0 radical (unpaired) electrons. The van der Waals surface area contributed by atoms with Gasteiger partial charge in [0.2, 0.25) is 0 Å². The first-order valence-electron chi connectivity index (χ1n) is 12.4. The fraction of sp³-hybridized carbons (Fsp3) is 0.444. The Morgan fingerprint density at radius 2 is 1.68 bits per heavy atom. The van der Waals surface area contributed by atoms with Crippen molar-refractivity contribution < 1.29 is 35.9 Å². The fourth-order valence-corrected chi connectivity index (χ4v) is 5.28. The van der Waals surface area contributed by atoms with Crippen molar-refractivity contribution in [3.63, 3.8) is 0 Å². The standard InChI is InChI=1S/C27H29ClF6N4O2S/c1-25(12-5-13-41-4)16-37(35-23(25)17-6-11-20(21(28)14-17)27(32,33)34)15-22(39)38(24(40)36(2)3)19-9-7-18(8-10-19)26(29,30)31/h6-11,14H,5,12-13,15-16H2,1-4H3. The maximum absolute atomic E-state index is 13.4. The van der Waals surface area contributed by atoms with Crippen LogP contribution in [0, 0.1) is 5.41 Å². The van der Waals surface area contributed by atoms with E-state index in [1.165, 1.54) is 31.2 Å². The third-order valence-electron chi connectivity index (χ3n) is 6.56. The molecule has 0 spiro atoms. The Hall–Kier alpha value is -2.93. The Balaban J connectivity index is 1.95. The molecule has 14 heteroatoms. The van der Waals surface area contributed by atoms with E-state index in [1.54, 1.807) is 11.8 Å². The van der Waals surface area contributed by atoms with Gasteiger partial charge in [0, 0.05) is 26.1 Å². The third kappa shape index (κ3) is 7.68. The molecule has 0 fully saturated rings. The van der Waals surface area contributed by atoms with E-state index >= 15 is 0 Å². The van der Waals surface area contributed by atoms with Crippen molar-refractivity contribution >= 4 is 46.7 Å². The molecule has 0 saturated heterocycles. The van der Waals surface area contributed by atoms with Crippen LogP contribution >= 0.6 is 23.4 Å². The van der Waals surface area contributed by atoms with Gasteiger partial charge < -0.3 is 4.90 Å². The minimum atomic E-state index is -4.63. The van der Waals surface area contributed by atoms with Gasteiger partial charge in [0.05, 0.1) is 27.5 Å². The van der Waals surface area contributed by atoms with Gasteiger partial charge in [0.15, 0.2) is 0 Å². The third-order valence-corrected chi connectivity index (χ3v) is 7.57. The number of halogens is 7. The van der Waals surface area contributed by atoms with Gasteiger partial charge in [-0.2, -0.15) is 43.2 Å². The van der Waals surface area contributed by atoms with Crippen LogP contribution in [-0.4, -0.2) is 66.8 Å². The summed E-state index contributed by atoms with van der Waals surface area (Å²) in [6.45, 7) is 1.70. The number of rotatable bonds is 8. The summed E-state index contributed by atoms with van der Waals surface area (Å²) in [7, 11) is 2.80. The average molecular weight is 623 g/mol. The van der Waals surface area contributed by atoms with E-state index in [9.17, 15) is 35.9 Å². The lowest BCUT2D eigenvalue weighted by molar-refractivity contribution is -0.138. The number of thioether (sulfide) groups is 1. The second-order valence-electron chi connectivity index (χ2n) is 10.1. The summed E-state index contributed by atoms with van der Waals surface area (Å²) >= 11 is 7.62. The van der Waals surface area contributed by atoms with Crippen LogP contribution in [0.5, 0.6) is 0 Å². The zero-order valence-corrected chi connectivity index (χ0v) is 24.3. The molecule has 0 bridgehead atoms. The van der Waals surface area contributed by atoms with Crippen LogP contribution in [-0.2, 0) is 17.1 Å². The molecular formula is C27H29ClF6N4O2S. The van der Waals surface area contributed by atoms with E-state index in [0.29, 0.717) is 17.7 Å². The van der Waals surface area contributed by atoms with Crippen LogP contribution in [0.3, 0.4) is 0 Å². The van der Waals surface area contributed by atoms with E-state index < -0.39 is 52.4 Å². The molecule has 0 N–H and O–H groups in total. The number of hydrazone groups is 1. The number of alkyl halides is 6. The second-order valence-corrected chi connectivity index (χ2v) is 11.5. The van der Waals surface area contributed by atoms with E-state index in [-0.39, 0.29) is 12.2 Å². The van der Waals surface area contributed by atoms with Crippen molar-refractivity contribution in [2.75, 3.05) is 44.1 Å². The van der Waals surface area contributed by atoms with Gasteiger partial charge in [0.1, 0.15) is 6.54 Å². The van der Waals surface area contributed by atoms with Crippen molar-refractivity contribution in [3.8, 4) is 0 Å². The molecule has 2 aromatic carbocycles. The first-order chi connectivity index (χ1) is 19.0. The molecule has 6 nitrogen and oxygen atoms in total. The van der Waals surface area contributed by atoms with Crippen molar-refractivity contribution in [2.45, 2.75) is 32.1 Å². The summed E-state index contributed by atoms with van der Waals surface area (Å²) in [6, 6.07) is 6.24. The minimum Gasteiger partial charge on any atom is -0.330 e. The van der Waals surface area contributed by atoms with Crippen molar-refractivity contribution in [1.82, 2.24) is 9.91 Å². The summed E-state index contributed by atoms with van der Waals surface area (Å²) in [5.41, 5.74) is -1.81. The van der Waals surface area contributed by atoms with Gasteiger partial charge in [-0.05, 0) is 66.8 Å². The zero-order valence-electron chi connectivity index (χ0n) is 22.7. The molecule has 3 amide bonds. The summed E-state index contributed by atoms with van der Waals surface area (Å²) in [5, 5.41) is 5.51. The number of nitrogens with zero attached hydrogens (tertiary/aromatic N) is 4. The van der Waals surface area contributed by atoms with Crippen molar-refractivity contribution in [1.29, 1.82) is 0 Å². The molecule has 0 aliphatic carbocycles. The maximum atomic E-state index is 13.4. The molecule has 1 unspecified atom stereocenters. The number of benzene rings is 2. The molecule has 2 aromatic rings. The quantitative estimate of drug-likeness (QED) is 0.230. The highest BCUT2D eigenvalue weighted by atomic mass is 35.5. The molecule has 41 heavy (non-hydrogen) atoms. The average Bonchev–Trinajstić information content (AvgIpc) is 3.18. The van der Waals surface area contributed by atoms with Crippen LogP contribution in [0.25, 0.3) is 0 Å². The SMILES string of the molecule is CSCCCC1(C)CN(CC(=O)N(C(=O)N(C)C)c2ccc(C(F)(F)F)cc2)N=C1c1ccc(C(F)(F)F)c(Cl)c1. The lowest BCUT2D eigenvalue weighted by Crippen LogP contribution is -2.47. The lowest BCUT2D eigenvalue weighted by atomic mass is 9.78. The Bertz CT molecular complexity index is 1300. The summed E-state index contributed by atoms with van der Waals surface area (Å²) in [4.78, 5) is 28.3. The summed E-state index contributed by atoms with van der Waals surface area (Å²) in [5.74, 6) is 0.0830. The Morgan fingerprint density at radius 1 is 1.05 bits per heavy atom. The number of urea groups is 1. The molecule has 0 aromatic heterocycles. The molecule has 1 aliphatic heterocycles. The smallest absolute Gasteiger partial charge is 0.330 e. The minimum absolute atomic E-state index is 0.0534. The van der Waals surface area contributed by atoms with Crippen molar-refractivity contribution in [2.24, 2.45) is 10.5 Å². The van der Waals surface area contributed by atoms with Crippen LogP contribution in [0.4, 0.5) is 36.8 Å². The maximum Gasteiger partial charge on any atom is 0.417 e. The topological polar surface area (TPSA) is 56.2 Å². The number of hydrogen-bond donors (Lipinski definition) is 0. The van der Waals surface area contributed by atoms with Crippen LogP contribution in [0.15, 0.2) is 47.6 Å². The number of imide groups is 1. The fourth-order valence-electron chi connectivity index (χ4n) is 4.56. The number of anilines is 1. The Morgan fingerprint density at radius 3 is 2.20 bits per heavy atom. The normalized spacial score (nSPS) is 17.4. The van der Waals surface area contributed by atoms with E-state index in [0.717, 1.165) is 52.3 Å². The highest BCUT2D eigenvalue weighted by Crippen LogP contribution is 2.40. The molecule has 3 rings (SSSR count). The highest BCUT2D eigenvalue weighted by Gasteiger charge is 2.41. The largest absolute Gasteiger partial charge is 0.417 e. The number of amides is 3. The van der Waals surface area contributed by atoms with Gasteiger partial charge in [0.25, 0.3) is 5.91 Å². The van der Waals surface area contributed by atoms with Gasteiger partial charge >= 0.3 is 18.4 Å². The molecule has 1 atom stereocenters. The monoisotopic (exact) mass is 622 g/mol. The van der Waals surface area contributed by atoms with E-state index in [2.05, 4.69) is 5.10 Å². The van der Waals surface area contributed by atoms with Crippen LogP contribution in [0.1, 0.15) is 36.5 Å².